The first-order valence-corrected chi connectivity index (χ1v) is 5.13. The SMILES string of the molecule is NCC1(CNC(=O)C(C(F)(F)F)C(F)(F)F)CC1. The Morgan fingerprint density at radius 3 is 1.89 bits per heavy atom. The average Bonchev–Trinajstić information content (AvgIpc) is 2.90. The molecule has 1 saturated carbocycles. The van der Waals surface area contributed by atoms with Gasteiger partial charge in [-0.05, 0) is 24.8 Å². The van der Waals surface area contributed by atoms with Crippen molar-refractivity contribution in [3.8, 4) is 0 Å². The van der Waals surface area contributed by atoms with Crippen molar-refractivity contribution < 1.29 is 31.1 Å². The van der Waals surface area contributed by atoms with Crippen LogP contribution in [0.2, 0.25) is 0 Å². The quantitative estimate of drug-likeness (QED) is 0.767. The van der Waals surface area contributed by atoms with E-state index in [1.165, 1.54) is 0 Å². The monoisotopic (exact) mass is 278 g/mol. The third-order valence-electron chi connectivity index (χ3n) is 2.94. The molecule has 1 fully saturated rings. The lowest BCUT2D eigenvalue weighted by Gasteiger charge is -2.23. The smallest absolute Gasteiger partial charge is 0.355 e. The minimum atomic E-state index is -5.65. The second-order valence-corrected chi connectivity index (χ2v) is 4.44. The van der Waals surface area contributed by atoms with Crippen LogP contribution in [0.3, 0.4) is 0 Å². The fourth-order valence-corrected chi connectivity index (χ4v) is 1.49. The summed E-state index contributed by atoms with van der Waals surface area (Å²) in [6.45, 7) is -0.138. The van der Waals surface area contributed by atoms with Crippen LogP contribution in [-0.2, 0) is 4.79 Å². The summed E-state index contributed by atoms with van der Waals surface area (Å²) in [5.74, 6) is -6.06. The van der Waals surface area contributed by atoms with E-state index in [0.29, 0.717) is 12.8 Å². The minimum Gasteiger partial charge on any atom is -0.355 e. The van der Waals surface area contributed by atoms with Gasteiger partial charge in [0.1, 0.15) is 0 Å². The molecule has 18 heavy (non-hydrogen) atoms. The van der Waals surface area contributed by atoms with Crippen molar-refractivity contribution in [3.05, 3.63) is 0 Å². The van der Waals surface area contributed by atoms with E-state index in [1.54, 1.807) is 5.32 Å². The van der Waals surface area contributed by atoms with Crippen LogP contribution in [0.25, 0.3) is 0 Å². The third kappa shape index (κ3) is 3.50. The molecule has 1 aliphatic rings. The Labute approximate surface area is 98.7 Å². The maximum absolute atomic E-state index is 12.2. The molecule has 0 saturated heterocycles. The predicted molar refractivity (Wildman–Crippen MR) is 49.3 cm³/mol. The lowest BCUT2D eigenvalue weighted by Crippen LogP contribution is -2.49. The standard InChI is InChI=1S/C9H12F6N2O/c10-8(11,12)5(9(13,14)15)6(18)17-4-7(3-16)1-2-7/h5H,1-4,16H2,(H,17,18). The molecule has 9 heteroatoms. The molecule has 0 atom stereocenters. The van der Waals surface area contributed by atoms with Gasteiger partial charge in [-0.2, -0.15) is 26.3 Å². The summed E-state index contributed by atoms with van der Waals surface area (Å²) in [5, 5.41) is 1.69. The first-order valence-electron chi connectivity index (χ1n) is 5.13. The van der Waals surface area contributed by atoms with E-state index in [4.69, 9.17) is 5.73 Å². The zero-order chi connectivity index (χ0) is 14.2. The van der Waals surface area contributed by atoms with E-state index in [2.05, 4.69) is 0 Å². The van der Waals surface area contributed by atoms with E-state index < -0.39 is 29.6 Å². The predicted octanol–water partition coefficient (Wildman–Crippen LogP) is 1.58. The highest BCUT2D eigenvalue weighted by molar-refractivity contribution is 5.80. The van der Waals surface area contributed by atoms with Gasteiger partial charge in [0.05, 0.1) is 0 Å². The van der Waals surface area contributed by atoms with Gasteiger partial charge >= 0.3 is 12.4 Å². The van der Waals surface area contributed by atoms with Gasteiger partial charge in [0.2, 0.25) is 11.8 Å². The molecule has 3 nitrogen and oxygen atoms in total. The first kappa shape index (κ1) is 15.1. The highest BCUT2D eigenvalue weighted by Gasteiger charge is 2.61. The van der Waals surface area contributed by atoms with Gasteiger partial charge in [0.15, 0.2) is 0 Å². The van der Waals surface area contributed by atoms with E-state index in [1.807, 2.05) is 0 Å². The molecule has 1 rings (SSSR count). The van der Waals surface area contributed by atoms with Crippen molar-refractivity contribution in [2.24, 2.45) is 17.1 Å². The lowest BCUT2D eigenvalue weighted by atomic mass is 10.1. The van der Waals surface area contributed by atoms with Crippen LogP contribution in [0.15, 0.2) is 0 Å². The molecule has 1 aliphatic carbocycles. The minimum absolute atomic E-state index is 0.121. The van der Waals surface area contributed by atoms with Gasteiger partial charge in [0.25, 0.3) is 0 Å². The average molecular weight is 278 g/mol. The molecule has 0 spiro atoms. The normalized spacial score (nSPS) is 18.9. The van der Waals surface area contributed by atoms with Crippen LogP contribution in [0.1, 0.15) is 12.8 Å². The Morgan fingerprint density at radius 1 is 1.17 bits per heavy atom. The van der Waals surface area contributed by atoms with Gasteiger partial charge in [-0.1, -0.05) is 0 Å². The molecular formula is C9H12F6N2O. The molecule has 3 N–H and O–H groups in total. The van der Waals surface area contributed by atoms with Crippen molar-refractivity contribution in [3.63, 3.8) is 0 Å². The van der Waals surface area contributed by atoms with Crippen LogP contribution >= 0.6 is 0 Å². The van der Waals surface area contributed by atoms with Crippen molar-refractivity contribution in [1.82, 2.24) is 5.32 Å². The van der Waals surface area contributed by atoms with Crippen LogP contribution in [0.5, 0.6) is 0 Å². The van der Waals surface area contributed by atoms with Crippen LogP contribution in [0.4, 0.5) is 26.3 Å². The number of alkyl halides is 6. The summed E-state index contributed by atoms with van der Waals surface area (Å²) in [6.07, 6.45) is -10.1. The molecule has 0 heterocycles. The summed E-state index contributed by atoms with van der Waals surface area (Å²) in [5.41, 5.74) is 4.78. The van der Waals surface area contributed by atoms with E-state index in [9.17, 15) is 31.1 Å². The van der Waals surface area contributed by atoms with Gasteiger partial charge in [-0.3, -0.25) is 4.79 Å². The van der Waals surface area contributed by atoms with Crippen molar-refractivity contribution in [2.75, 3.05) is 13.1 Å². The highest BCUT2D eigenvalue weighted by atomic mass is 19.4. The molecule has 1 amide bonds. The summed E-state index contributed by atoms with van der Waals surface area (Å²) in [7, 11) is 0. The van der Waals surface area contributed by atoms with Crippen LogP contribution < -0.4 is 11.1 Å². The summed E-state index contributed by atoms with van der Waals surface area (Å²) in [6, 6.07) is 0. The van der Waals surface area contributed by atoms with Crippen molar-refractivity contribution >= 4 is 5.91 Å². The van der Waals surface area contributed by atoms with Gasteiger partial charge in [-0.25, -0.2) is 0 Å². The third-order valence-corrected chi connectivity index (χ3v) is 2.94. The zero-order valence-electron chi connectivity index (χ0n) is 9.16. The Kier molecular flexibility index (Phi) is 3.85. The topological polar surface area (TPSA) is 55.1 Å². The number of carbonyl (C=O) groups excluding carboxylic acids is 1. The number of rotatable bonds is 4. The molecule has 0 aromatic carbocycles. The fourth-order valence-electron chi connectivity index (χ4n) is 1.49. The summed E-state index contributed by atoms with van der Waals surface area (Å²) in [4.78, 5) is 11.0. The van der Waals surface area contributed by atoms with E-state index in [-0.39, 0.29) is 13.1 Å². The molecule has 0 bridgehead atoms. The largest absolute Gasteiger partial charge is 0.409 e. The maximum atomic E-state index is 12.2. The zero-order valence-corrected chi connectivity index (χ0v) is 9.16. The number of amides is 1. The Hall–Kier alpha value is -0.990. The Bertz CT molecular complexity index is 306. The molecule has 0 aromatic rings. The molecule has 0 radical (unpaired) electrons. The maximum Gasteiger partial charge on any atom is 0.409 e. The number of halogens is 6. The van der Waals surface area contributed by atoms with Gasteiger partial charge in [-0.15, -0.1) is 0 Å². The first-order chi connectivity index (χ1) is 8.02. The van der Waals surface area contributed by atoms with E-state index >= 15 is 0 Å². The fraction of sp³-hybridized carbons (Fsp3) is 0.889. The number of carbonyl (C=O) groups is 1. The Morgan fingerprint density at radius 2 is 1.61 bits per heavy atom. The van der Waals surface area contributed by atoms with Gasteiger partial charge < -0.3 is 11.1 Å². The molecule has 0 aromatic heterocycles. The molecule has 0 unspecified atom stereocenters. The Balaban J connectivity index is 2.67. The second-order valence-electron chi connectivity index (χ2n) is 4.44. The molecular weight excluding hydrogens is 266 g/mol. The molecule has 0 aliphatic heterocycles. The van der Waals surface area contributed by atoms with Crippen molar-refractivity contribution in [1.29, 1.82) is 0 Å². The lowest BCUT2D eigenvalue weighted by molar-refractivity contribution is -0.274. The summed E-state index contributed by atoms with van der Waals surface area (Å²) >= 11 is 0. The number of nitrogens with two attached hydrogens (primary N) is 1. The second kappa shape index (κ2) is 4.60. The molecule has 106 valence electrons. The van der Waals surface area contributed by atoms with E-state index in [0.717, 1.165) is 0 Å². The number of nitrogens with one attached hydrogen (secondary N) is 1. The highest BCUT2D eigenvalue weighted by Crippen LogP contribution is 2.44. The summed E-state index contributed by atoms with van der Waals surface area (Å²) < 4.78 is 73.1. The van der Waals surface area contributed by atoms with Crippen LogP contribution in [-0.4, -0.2) is 31.3 Å². The van der Waals surface area contributed by atoms with Crippen molar-refractivity contribution in [2.45, 2.75) is 25.2 Å². The van der Waals surface area contributed by atoms with Crippen LogP contribution in [0, 0.1) is 11.3 Å². The number of hydrogen-bond acceptors (Lipinski definition) is 2. The number of hydrogen-bond donors (Lipinski definition) is 2. The van der Waals surface area contributed by atoms with Gasteiger partial charge in [0, 0.05) is 6.54 Å².